The lowest BCUT2D eigenvalue weighted by molar-refractivity contribution is -0.384. The number of benzene rings is 1. The summed E-state index contributed by atoms with van der Waals surface area (Å²) in [4.78, 5) is 14.8. The largest absolute Gasteiger partial charge is 0.393 e. The van der Waals surface area contributed by atoms with Gasteiger partial charge in [-0.3, -0.25) is 10.1 Å². The van der Waals surface area contributed by atoms with E-state index >= 15 is 0 Å². The monoisotopic (exact) mass is 291 g/mol. The van der Waals surface area contributed by atoms with E-state index < -0.39 is 11.0 Å². The summed E-state index contributed by atoms with van der Waals surface area (Å²) >= 11 is 0. The summed E-state index contributed by atoms with van der Waals surface area (Å²) in [7, 11) is 0. The van der Waals surface area contributed by atoms with E-state index in [2.05, 4.69) is 10.1 Å². The lowest BCUT2D eigenvalue weighted by atomic mass is 9.91. The van der Waals surface area contributed by atoms with Gasteiger partial charge in [0, 0.05) is 6.07 Å². The highest BCUT2D eigenvalue weighted by Gasteiger charge is 2.28. The van der Waals surface area contributed by atoms with E-state index in [-0.39, 0.29) is 29.2 Å². The Kier molecular flexibility index (Phi) is 4.32. The summed E-state index contributed by atoms with van der Waals surface area (Å²) in [5.74, 6) is 0.231. The third-order valence-corrected chi connectivity index (χ3v) is 3.31. The molecule has 1 heterocycles. The number of nitro groups is 1. The highest BCUT2D eigenvalue weighted by atomic mass is 16.6. The van der Waals surface area contributed by atoms with E-state index in [4.69, 9.17) is 4.52 Å². The Hall–Kier alpha value is -2.28. The van der Waals surface area contributed by atoms with Crippen LogP contribution in [-0.2, 0) is 0 Å². The Morgan fingerprint density at radius 3 is 2.52 bits per heavy atom. The standard InChI is InChI=1S/C14H17N3O4/c1-8(2)12(9(3)18)14-15-13(16-21-14)10-6-4-5-7-11(10)17(19)20/h4-9,12,18H,1-3H3. The minimum atomic E-state index is -0.649. The summed E-state index contributed by atoms with van der Waals surface area (Å²) in [6.45, 7) is 5.53. The van der Waals surface area contributed by atoms with Crippen molar-refractivity contribution in [2.45, 2.75) is 32.8 Å². The van der Waals surface area contributed by atoms with Crippen molar-refractivity contribution in [3.05, 3.63) is 40.3 Å². The van der Waals surface area contributed by atoms with Gasteiger partial charge in [0.1, 0.15) is 5.56 Å². The third kappa shape index (κ3) is 3.08. The quantitative estimate of drug-likeness (QED) is 0.671. The van der Waals surface area contributed by atoms with Crippen molar-refractivity contribution in [2.24, 2.45) is 5.92 Å². The zero-order valence-electron chi connectivity index (χ0n) is 12.1. The van der Waals surface area contributed by atoms with E-state index in [1.807, 2.05) is 13.8 Å². The van der Waals surface area contributed by atoms with Crippen LogP contribution in [0.1, 0.15) is 32.6 Å². The molecule has 2 rings (SSSR count). The number of aliphatic hydroxyl groups is 1. The van der Waals surface area contributed by atoms with Crippen LogP contribution in [0.2, 0.25) is 0 Å². The van der Waals surface area contributed by atoms with Crippen LogP contribution in [0.3, 0.4) is 0 Å². The van der Waals surface area contributed by atoms with Crippen molar-refractivity contribution in [1.29, 1.82) is 0 Å². The predicted octanol–water partition coefficient (Wildman–Crippen LogP) is 2.77. The highest BCUT2D eigenvalue weighted by molar-refractivity contribution is 5.67. The molecule has 0 spiro atoms. The Morgan fingerprint density at radius 2 is 1.95 bits per heavy atom. The van der Waals surface area contributed by atoms with E-state index in [0.717, 1.165) is 0 Å². The van der Waals surface area contributed by atoms with Crippen LogP contribution in [0.5, 0.6) is 0 Å². The first-order valence-corrected chi connectivity index (χ1v) is 6.67. The normalized spacial score (nSPS) is 14.1. The van der Waals surface area contributed by atoms with E-state index in [9.17, 15) is 15.2 Å². The van der Waals surface area contributed by atoms with E-state index in [1.54, 1.807) is 25.1 Å². The number of para-hydroxylation sites is 1. The molecule has 7 nitrogen and oxygen atoms in total. The average Bonchev–Trinajstić information content (AvgIpc) is 2.87. The van der Waals surface area contributed by atoms with Crippen molar-refractivity contribution in [2.75, 3.05) is 0 Å². The van der Waals surface area contributed by atoms with Gasteiger partial charge in [-0.05, 0) is 18.9 Å². The summed E-state index contributed by atoms with van der Waals surface area (Å²) in [5, 5.41) is 24.7. The minimum Gasteiger partial charge on any atom is -0.393 e. The lowest BCUT2D eigenvalue weighted by Gasteiger charge is -2.19. The van der Waals surface area contributed by atoms with Gasteiger partial charge in [-0.25, -0.2) is 0 Å². The number of aliphatic hydroxyl groups excluding tert-OH is 1. The van der Waals surface area contributed by atoms with Gasteiger partial charge in [-0.1, -0.05) is 31.1 Å². The fourth-order valence-corrected chi connectivity index (χ4v) is 2.35. The molecular formula is C14H17N3O4. The van der Waals surface area contributed by atoms with Gasteiger partial charge >= 0.3 is 0 Å². The molecule has 0 bridgehead atoms. The molecule has 1 N–H and O–H groups in total. The second-order valence-electron chi connectivity index (χ2n) is 5.24. The molecule has 2 unspecified atom stereocenters. The average molecular weight is 291 g/mol. The lowest BCUT2D eigenvalue weighted by Crippen LogP contribution is -2.20. The van der Waals surface area contributed by atoms with Crippen LogP contribution >= 0.6 is 0 Å². The van der Waals surface area contributed by atoms with Gasteiger partial charge in [0.15, 0.2) is 0 Å². The molecule has 0 aliphatic rings. The number of hydrogen-bond acceptors (Lipinski definition) is 6. The van der Waals surface area contributed by atoms with Crippen LogP contribution < -0.4 is 0 Å². The van der Waals surface area contributed by atoms with Crippen molar-refractivity contribution in [3.63, 3.8) is 0 Å². The molecule has 0 amide bonds. The zero-order valence-corrected chi connectivity index (χ0v) is 12.1. The number of rotatable bonds is 5. The molecule has 1 aromatic heterocycles. The third-order valence-electron chi connectivity index (χ3n) is 3.31. The van der Waals surface area contributed by atoms with Crippen molar-refractivity contribution >= 4 is 5.69 Å². The Labute approximate surface area is 121 Å². The molecule has 2 atom stereocenters. The fraction of sp³-hybridized carbons (Fsp3) is 0.429. The summed E-state index contributed by atoms with van der Waals surface area (Å²) < 4.78 is 5.19. The van der Waals surface area contributed by atoms with Gasteiger partial charge in [0.05, 0.1) is 16.9 Å². The van der Waals surface area contributed by atoms with Gasteiger partial charge in [-0.2, -0.15) is 4.98 Å². The molecule has 0 aliphatic carbocycles. The maximum absolute atomic E-state index is 11.0. The first kappa shape index (κ1) is 15.1. The molecular weight excluding hydrogens is 274 g/mol. The second kappa shape index (κ2) is 6.01. The van der Waals surface area contributed by atoms with Gasteiger partial charge in [0.2, 0.25) is 11.7 Å². The van der Waals surface area contributed by atoms with Crippen LogP contribution in [0.4, 0.5) is 5.69 Å². The molecule has 0 saturated heterocycles. The zero-order chi connectivity index (χ0) is 15.6. The molecule has 112 valence electrons. The Balaban J connectivity index is 2.43. The molecule has 0 aliphatic heterocycles. The molecule has 1 aromatic carbocycles. The van der Waals surface area contributed by atoms with Crippen LogP contribution in [-0.4, -0.2) is 26.3 Å². The Morgan fingerprint density at radius 1 is 1.29 bits per heavy atom. The maximum atomic E-state index is 11.0. The molecule has 2 aromatic rings. The predicted molar refractivity (Wildman–Crippen MR) is 75.6 cm³/mol. The first-order chi connectivity index (χ1) is 9.91. The van der Waals surface area contributed by atoms with E-state index in [1.165, 1.54) is 6.07 Å². The minimum absolute atomic E-state index is 0.0806. The van der Waals surface area contributed by atoms with Gasteiger partial charge in [-0.15, -0.1) is 0 Å². The van der Waals surface area contributed by atoms with Crippen LogP contribution in [0, 0.1) is 16.0 Å². The summed E-state index contributed by atoms with van der Waals surface area (Å²) in [5.41, 5.74) is 0.216. The molecule has 0 saturated carbocycles. The fourth-order valence-electron chi connectivity index (χ4n) is 2.35. The van der Waals surface area contributed by atoms with Crippen LogP contribution in [0.15, 0.2) is 28.8 Å². The molecule has 21 heavy (non-hydrogen) atoms. The van der Waals surface area contributed by atoms with Crippen molar-refractivity contribution in [3.8, 4) is 11.4 Å². The van der Waals surface area contributed by atoms with Crippen LogP contribution in [0.25, 0.3) is 11.4 Å². The smallest absolute Gasteiger partial charge is 0.280 e. The topological polar surface area (TPSA) is 102 Å². The van der Waals surface area contributed by atoms with Gasteiger partial charge < -0.3 is 9.63 Å². The summed E-state index contributed by atoms with van der Waals surface area (Å²) in [6.07, 6.45) is -0.649. The molecule has 7 heteroatoms. The number of hydrogen-bond donors (Lipinski definition) is 1. The molecule has 0 fully saturated rings. The number of nitro benzene ring substituents is 1. The SMILES string of the molecule is CC(C)C(c1nc(-c2ccccc2[N+](=O)[O-])no1)C(C)O. The summed E-state index contributed by atoms with van der Waals surface area (Å²) in [6, 6.07) is 6.21. The number of nitrogens with zero attached hydrogens (tertiary/aromatic N) is 3. The second-order valence-corrected chi connectivity index (χ2v) is 5.24. The van der Waals surface area contributed by atoms with E-state index in [0.29, 0.717) is 5.56 Å². The van der Waals surface area contributed by atoms with Crippen molar-refractivity contribution in [1.82, 2.24) is 10.1 Å². The van der Waals surface area contributed by atoms with Gasteiger partial charge in [0.25, 0.3) is 5.69 Å². The number of aromatic nitrogens is 2. The highest BCUT2D eigenvalue weighted by Crippen LogP contribution is 2.31. The maximum Gasteiger partial charge on any atom is 0.280 e. The van der Waals surface area contributed by atoms with Crippen molar-refractivity contribution < 1.29 is 14.6 Å². The Bertz CT molecular complexity index is 629. The molecule has 0 radical (unpaired) electrons. The first-order valence-electron chi connectivity index (χ1n) is 6.67.